The maximum Gasteiger partial charge on any atom is 1.00 e. The van der Waals surface area contributed by atoms with Crippen molar-refractivity contribution in [3.63, 3.8) is 0 Å². The number of aliphatic hydroxyl groups excluding tert-OH is 2. The first kappa shape index (κ1) is 35.6. The van der Waals surface area contributed by atoms with Gasteiger partial charge in [0.1, 0.15) is 29.5 Å². The van der Waals surface area contributed by atoms with Gasteiger partial charge in [0.05, 0.1) is 48.2 Å². The normalized spacial score (nSPS) is 27.6. The minimum atomic E-state index is -5.00. The maximum atomic E-state index is 13.7. The van der Waals surface area contributed by atoms with E-state index in [1.165, 1.54) is 32.2 Å². The number of benzene rings is 2. The van der Waals surface area contributed by atoms with Gasteiger partial charge in [-0.25, -0.2) is 4.57 Å². The molecule has 1 fully saturated rings. The van der Waals surface area contributed by atoms with E-state index in [4.69, 9.17) is 24.0 Å². The zero-order valence-electron chi connectivity index (χ0n) is 25.3. The number of hydroxylamine groups is 1. The molecule has 18 heteroatoms. The van der Waals surface area contributed by atoms with E-state index >= 15 is 0 Å². The zero-order valence-corrected chi connectivity index (χ0v) is 27.2. The number of hydrogen-bond acceptors (Lipinski definition) is 14. The third kappa shape index (κ3) is 6.36. The average molecular weight is 664 g/mol. The number of phenols is 2. The number of aliphatic hydroxyl groups is 3. The summed E-state index contributed by atoms with van der Waals surface area (Å²) in [5, 5.41) is 54.3. The molecule has 3 aliphatic rings. The van der Waals surface area contributed by atoms with E-state index in [1.54, 1.807) is 0 Å². The van der Waals surface area contributed by atoms with Crippen molar-refractivity contribution in [1.29, 1.82) is 0 Å². The van der Waals surface area contributed by atoms with Crippen LogP contribution in [-0.4, -0.2) is 96.5 Å². The summed E-state index contributed by atoms with van der Waals surface area (Å²) in [5.74, 6) is -4.26. The minimum Gasteiger partial charge on any atom is -1.00 e. The van der Waals surface area contributed by atoms with E-state index in [0.29, 0.717) is 0 Å². The van der Waals surface area contributed by atoms with Crippen LogP contribution in [0.5, 0.6) is 17.2 Å². The fourth-order valence-electron chi connectivity index (χ4n) is 5.97. The number of ether oxygens (including phenoxy) is 3. The van der Waals surface area contributed by atoms with Crippen LogP contribution in [0.4, 0.5) is 0 Å². The molecule has 1 heterocycles. The standard InChI is InChI=1S/C27H30NO15P.Na.H/c1-10-22(31)13(28-43-44(37,38)39)6-17(41-10)42-15-8-27(36,16(30)9-29)7-12-19(15)26(35)21-20(24(12)33)23(32)11-4-3-5-14(40-2)18(11)25(21)34;;/h3-5,10,13,15,17,22,28-29,31,33,35-36H,6-9H2,1-2H3,(H2,37,38,39);;/q;+1;-1/t10?,13?,15-,17?,22?,27-;;/m0../s1. The van der Waals surface area contributed by atoms with E-state index in [1.807, 2.05) is 0 Å². The van der Waals surface area contributed by atoms with Crippen LogP contribution in [0.3, 0.4) is 0 Å². The van der Waals surface area contributed by atoms with Crippen LogP contribution < -0.4 is 39.8 Å². The van der Waals surface area contributed by atoms with Crippen molar-refractivity contribution in [2.45, 2.75) is 62.4 Å². The molecule has 0 spiro atoms. The second-order valence-electron chi connectivity index (χ2n) is 10.8. The Morgan fingerprint density at radius 3 is 2.44 bits per heavy atom. The van der Waals surface area contributed by atoms with Crippen molar-refractivity contribution in [2.24, 2.45) is 0 Å². The van der Waals surface area contributed by atoms with Gasteiger partial charge in [-0.2, -0.15) is 10.1 Å². The molecule has 0 bridgehead atoms. The van der Waals surface area contributed by atoms with Crippen molar-refractivity contribution >= 4 is 25.2 Å². The van der Waals surface area contributed by atoms with Gasteiger partial charge in [-0.15, -0.1) is 0 Å². The number of nitrogens with one attached hydrogen (secondary N) is 1. The molecule has 5 rings (SSSR count). The van der Waals surface area contributed by atoms with Gasteiger partial charge in [0.2, 0.25) is 5.78 Å². The molecule has 8 N–H and O–H groups in total. The number of fused-ring (bicyclic) bond motifs is 3. The van der Waals surface area contributed by atoms with Gasteiger partial charge in [0.25, 0.3) is 0 Å². The fourth-order valence-corrected chi connectivity index (χ4v) is 6.24. The second kappa shape index (κ2) is 13.1. The number of phosphoric acid groups is 1. The number of hydrogen-bond donors (Lipinski definition) is 8. The SMILES string of the molecule is COc1cccc2c1C(=O)c1c(O)c3c(c(O)c1C2=O)C[C@@](O)(C(=O)CO)C[C@@H]3OC1CC(NOP(=O)(O)O)C(O)C(C)O1.[H-].[Na+]. The van der Waals surface area contributed by atoms with Crippen molar-refractivity contribution in [3.05, 3.63) is 51.6 Å². The molecule has 2 aromatic carbocycles. The van der Waals surface area contributed by atoms with Crippen LogP contribution in [0.2, 0.25) is 0 Å². The summed E-state index contributed by atoms with van der Waals surface area (Å²) in [5.41, 5.74) is -2.21. The summed E-state index contributed by atoms with van der Waals surface area (Å²) in [6.07, 6.45) is -6.80. The number of methoxy groups -OCH3 is 1. The number of carbonyl (C=O) groups is 3. The Morgan fingerprint density at radius 1 is 1.16 bits per heavy atom. The third-order valence-corrected chi connectivity index (χ3v) is 8.43. The van der Waals surface area contributed by atoms with E-state index in [2.05, 4.69) is 10.1 Å². The van der Waals surface area contributed by atoms with Crippen LogP contribution in [-0.2, 0) is 29.9 Å². The molecule has 0 saturated carbocycles. The number of ketones is 3. The summed E-state index contributed by atoms with van der Waals surface area (Å²) < 4.78 is 32.4. The molecule has 6 atom stereocenters. The van der Waals surface area contributed by atoms with E-state index in [9.17, 15) is 44.5 Å². The maximum absolute atomic E-state index is 13.7. The van der Waals surface area contributed by atoms with Crippen molar-refractivity contribution in [3.8, 4) is 17.2 Å². The monoisotopic (exact) mass is 663 g/mol. The van der Waals surface area contributed by atoms with Crippen molar-refractivity contribution in [1.82, 2.24) is 5.48 Å². The molecule has 0 aromatic heterocycles. The van der Waals surface area contributed by atoms with Crippen molar-refractivity contribution in [2.75, 3.05) is 13.7 Å². The Kier molecular flexibility index (Phi) is 10.3. The van der Waals surface area contributed by atoms with E-state index in [0.717, 1.165) is 0 Å². The Morgan fingerprint density at radius 2 is 1.82 bits per heavy atom. The molecule has 4 unspecified atom stereocenters. The molecule has 1 saturated heterocycles. The number of aromatic hydroxyl groups is 2. The molecule has 45 heavy (non-hydrogen) atoms. The fraction of sp³-hybridized carbons (Fsp3) is 0.444. The van der Waals surface area contributed by atoms with Gasteiger partial charge < -0.3 is 51.0 Å². The summed E-state index contributed by atoms with van der Waals surface area (Å²) >= 11 is 0. The van der Waals surface area contributed by atoms with Crippen LogP contribution >= 0.6 is 7.82 Å². The van der Waals surface area contributed by atoms with Crippen LogP contribution in [0.15, 0.2) is 18.2 Å². The molecule has 2 aromatic rings. The van der Waals surface area contributed by atoms with Gasteiger partial charge in [-0.3, -0.25) is 14.4 Å². The van der Waals surface area contributed by atoms with Gasteiger partial charge in [0.15, 0.2) is 17.9 Å². The first-order valence-corrected chi connectivity index (χ1v) is 14.9. The van der Waals surface area contributed by atoms with Crippen LogP contribution in [0.25, 0.3) is 0 Å². The van der Waals surface area contributed by atoms with Gasteiger partial charge in [0, 0.05) is 36.0 Å². The molecular formula is C27H31NNaO15P. The predicted octanol–water partition coefficient (Wildman–Crippen LogP) is -3.23. The Balaban J connectivity index is 0.00000288. The second-order valence-corrected chi connectivity index (χ2v) is 12.0. The quantitative estimate of drug-likeness (QED) is 0.0510. The van der Waals surface area contributed by atoms with Crippen LogP contribution in [0, 0.1) is 0 Å². The zero-order chi connectivity index (χ0) is 32.3. The average Bonchev–Trinajstić information content (AvgIpc) is 2.97. The Hall–Kier alpha value is -2.28. The molecule has 0 radical (unpaired) electrons. The first-order valence-electron chi connectivity index (χ1n) is 13.3. The van der Waals surface area contributed by atoms with E-state index in [-0.39, 0.29) is 65.4 Å². The predicted molar refractivity (Wildman–Crippen MR) is 145 cm³/mol. The number of Topliss-reactive ketones (excluding diaryl/α,β-unsaturated/α-hetero) is 1. The molecular weight excluding hydrogens is 632 g/mol. The number of phenolic OH excluding ortho intramolecular Hbond substituents is 2. The van der Waals surface area contributed by atoms with E-state index < -0.39 is 103 Å². The third-order valence-electron chi connectivity index (χ3n) is 8.08. The summed E-state index contributed by atoms with van der Waals surface area (Å²) in [4.78, 5) is 58.1. The summed E-state index contributed by atoms with van der Waals surface area (Å²) in [6.45, 7) is 0.317. The number of rotatable bonds is 8. The largest absolute Gasteiger partial charge is 1.00 e. The molecule has 1 aliphatic heterocycles. The first-order chi connectivity index (χ1) is 20.6. The molecule has 16 nitrogen and oxygen atoms in total. The van der Waals surface area contributed by atoms with Gasteiger partial charge >= 0.3 is 37.4 Å². The minimum absolute atomic E-state index is 0. The summed E-state index contributed by atoms with van der Waals surface area (Å²) in [6, 6.07) is 3.07. The van der Waals surface area contributed by atoms with Crippen LogP contribution in [0.1, 0.15) is 70.3 Å². The molecule has 0 amide bonds. The molecule has 2 aliphatic carbocycles. The topological polar surface area (TPSA) is 259 Å². The Bertz CT molecular complexity index is 1600. The smallest absolute Gasteiger partial charge is 1.00 e. The van der Waals surface area contributed by atoms with Crippen molar-refractivity contribution < 1.29 is 104 Å². The Labute approximate surface area is 278 Å². The summed E-state index contributed by atoms with van der Waals surface area (Å²) in [7, 11) is -3.72. The molecule has 240 valence electrons. The number of carbonyl (C=O) groups excluding carboxylic acids is 3. The van der Waals surface area contributed by atoms with Gasteiger partial charge in [-0.1, -0.05) is 12.1 Å². The van der Waals surface area contributed by atoms with Gasteiger partial charge in [-0.05, 0) is 13.0 Å².